The molecule has 2 aromatic rings. The highest BCUT2D eigenvalue weighted by Gasteiger charge is 2.52. The molecule has 4 atom stereocenters. The standard InChI is InChI=1S/C34H40F2N8O2S/c1-42(2)34(7-4-8-34)17-43(3)31-23-13-39-27(21-5-6-24(35)29-25(21)22(12-37)30(38)47-29)26(36)28(23)40-32(41-31)46-18-33(9-10-33)16-44-19-11-20(44)15-45-14-19/h5-6,13,19-20,25,29H,4,7-11,14-18,38H2,1-3H3. The molecule has 47 heavy (non-hydrogen) atoms. The van der Waals surface area contributed by atoms with Crippen molar-refractivity contribution >= 4 is 34.1 Å². The lowest BCUT2D eigenvalue weighted by Crippen LogP contribution is -2.65. The van der Waals surface area contributed by atoms with Crippen molar-refractivity contribution < 1.29 is 18.3 Å². The molecule has 0 spiro atoms. The molecule has 2 N–H and O–H groups in total. The second kappa shape index (κ2) is 11.4. The highest BCUT2D eigenvalue weighted by Crippen LogP contribution is 2.52. The van der Waals surface area contributed by atoms with Crippen LogP contribution >= 0.6 is 11.8 Å². The number of aromatic nitrogens is 3. The Balaban J connectivity index is 1.15. The predicted octanol–water partition coefficient (Wildman–Crippen LogP) is 4.39. The lowest BCUT2D eigenvalue weighted by Gasteiger charge is -2.53. The van der Waals surface area contributed by atoms with E-state index >= 15 is 4.39 Å². The molecule has 4 fully saturated rings. The lowest BCUT2D eigenvalue weighted by molar-refractivity contribution is -0.135. The minimum absolute atomic E-state index is 0.00550. The zero-order valence-electron chi connectivity index (χ0n) is 27.0. The molecule has 3 aliphatic carbocycles. The van der Waals surface area contributed by atoms with Crippen molar-refractivity contribution in [3.8, 4) is 12.1 Å². The molecule has 0 radical (unpaired) electrons. The van der Waals surface area contributed by atoms with Gasteiger partial charge >= 0.3 is 6.01 Å². The molecule has 0 amide bonds. The highest BCUT2D eigenvalue weighted by atomic mass is 32.2. The van der Waals surface area contributed by atoms with Gasteiger partial charge in [0.05, 0.1) is 47.1 Å². The molecule has 0 aromatic carbocycles. The van der Waals surface area contributed by atoms with Crippen LogP contribution in [0.3, 0.4) is 0 Å². The number of thioether (sulfide) groups is 1. The van der Waals surface area contributed by atoms with Gasteiger partial charge in [0.2, 0.25) is 0 Å². The molecule has 2 bridgehead atoms. The third kappa shape index (κ3) is 5.10. The monoisotopic (exact) mass is 662 g/mol. The Bertz CT molecular complexity index is 1750. The van der Waals surface area contributed by atoms with E-state index in [0.29, 0.717) is 42.0 Å². The van der Waals surface area contributed by atoms with Crippen molar-refractivity contribution in [2.24, 2.45) is 17.1 Å². The molecule has 4 unspecified atom stereocenters. The van der Waals surface area contributed by atoms with E-state index in [1.807, 2.05) is 7.05 Å². The Hall–Kier alpha value is -3.31. The Morgan fingerprint density at radius 2 is 1.91 bits per heavy atom. The average Bonchev–Trinajstić information content (AvgIpc) is 3.74. The largest absolute Gasteiger partial charge is 0.463 e. The number of likely N-dealkylation sites (N-methyl/N-ethyl adjacent to an activating group) is 2. The van der Waals surface area contributed by atoms with E-state index in [4.69, 9.17) is 20.2 Å². The van der Waals surface area contributed by atoms with Gasteiger partial charge in [-0.1, -0.05) is 17.8 Å². The van der Waals surface area contributed by atoms with Gasteiger partial charge in [-0.3, -0.25) is 9.88 Å². The van der Waals surface area contributed by atoms with E-state index in [1.165, 1.54) is 18.6 Å². The second-order valence-electron chi connectivity index (χ2n) is 14.5. The van der Waals surface area contributed by atoms with Gasteiger partial charge in [0, 0.05) is 55.3 Å². The number of halogens is 2. The number of ether oxygens (including phenoxy) is 2. The van der Waals surface area contributed by atoms with Crippen LogP contribution in [0.1, 0.15) is 44.2 Å². The normalized spacial score (nSPS) is 28.6. The van der Waals surface area contributed by atoms with Crippen LogP contribution < -0.4 is 15.4 Å². The number of allylic oxidation sites excluding steroid dienone is 4. The first-order chi connectivity index (χ1) is 22.6. The van der Waals surface area contributed by atoms with Crippen LogP contribution in [-0.2, 0) is 4.74 Å². The van der Waals surface area contributed by atoms with E-state index in [2.05, 4.69) is 44.8 Å². The summed E-state index contributed by atoms with van der Waals surface area (Å²) in [5, 5.41) is 9.85. The van der Waals surface area contributed by atoms with Gasteiger partial charge < -0.3 is 25.0 Å². The van der Waals surface area contributed by atoms with Gasteiger partial charge in [-0.05, 0) is 64.3 Å². The van der Waals surface area contributed by atoms with Gasteiger partial charge in [-0.15, -0.1) is 0 Å². The maximum atomic E-state index is 16.8. The van der Waals surface area contributed by atoms with Gasteiger partial charge in [-0.2, -0.15) is 15.2 Å². The smallest absolute Gasteiger partial charge is 0.319 e. The van der Waals surface area contributed by atoms with Crippen LogP contribution in [0.25, 0.3) is 16.5 Å². The number of pyridine rings is 1. The van der Waals surface area contributed by atoms with Crippen molar-refractivity contribution in [2.45, 2.75) is 61.4 Å². The molecular formula is C34H40F2N8O2S. The summed E-state index contributed by atoms with van der Waals surface area (Å²) < 4.78 is 43.7. The minimum Gasteiger partial charge on any atom is -0.463 e. The fourth-order valence-corrected chi connectivity index (χ4v) is 9.24. The van der Waals surface area contributed by atoms with Crippen LogP contribution in [0.5, 0.6) is 6.01 Å². The second-order valence-corrected chi connectivity index (χ2v) is 15.6. The molecule has 10 nitrogen and oxygen atoms in total. The summed E-state index contributed by atoms with van der Waals surface area (Å²) in [6, 6.07) is 3.22. The number of fused-ring (bicyclic) bond motifs is 4. The van der Waals surface area contributed by atoms with Crippen LogP contribution in [0.15, 0.2) is 34.8 Å². The first-order valence-corrected chi connectivity index (χ1v) is 17.4. The maximum absolute atomic E-state index is 16.8. The van der Waals surface area contributed by atoms with Crippen LogP contribution in [-0.4, -0.2) is 102 Å². The Kier molecular flexibility index (Phi) is 7.51. The Labute approximate surface area is 277 Å². The Morgan fingerprint density at radius 3 is 2.55 bits per heavy atom. The SMILES string of the molecule is CN(CC1(N(C)C)CCC1)c1nc(OCC2(CN3C4COCC3C4)CC2)nc2c(F)c(C3=CC=C(F)C4SC(N)=C(C#N)C34)ncc12. The number of nitriles is 1. The predicted molar refractivity (Wildman–Crippen MR) is 177 cm³/mol. The summed E-state index contributed by atoms with van der Waals surface area (Å²) in [5.41, 5.74) is 6.87. The zero-order chi connectivity index (χ0) is 32.7. The van der Waals surface area contributed by atoms with Gasteiger partial charge in [0.25, 0.3) is 0 Å². The van der Waals surface area contributed by atoms with Crippen molar-refractivity contribution in [2.75, 3.05) is 59.0 Å². The number of rotatable bonds is 10. The molecule has 13 heteroatoms. The molecule has 2 saturated heterocycles. The molecule has 248 valence electrons. The molecular weight excluding hydrogens is 622 g/mol. The lowest BCUT2D eigenvalue weighted by atomic mass is 9.75. The number of nitrogens with two attached hydrogens (primary N) is 1. The van der Waals surface area contributed by atoms with Crippen LogP contribution in [0, 0.1) is 28.5 Å². The average molecular weight is 663 g/mol. The van der Waals surface area contributed by atoms with Crippen LogP contribution in [0.4, 0.5) is 14.6 Å². The number of morpholine rings is 1. The summed E-state index contributed by atoms with van der Waals surface area (Å²) in [6.07, 6.45) is 11.0. The van der Waals surface area contributed by atoms with Crippen LogP contribution in [0.2, 0.25) is 0 Å². The summed E-state index contributed by atoms with van der Waals surface area (Å²) >= 11 is 1.09. The quantitative estimate of drug-likeness (QED) is 0.391. The Morgan fingerprint density at radius 1 is 1.15 bits per heavy atom. The summed E-state index contributed by atoms with van der Waals surface area (Å²) in [4.78, 5) is 21.0. The topological polar surface area (TPSA) is 117 Å². The highest BCUT2D eigenvalue weighted by molar-refractivity contribution is 8.04. The van der Waals surface area contributed by atoms with E-state index in [-0.39, 0.29) is 38.8 Å². The third-order valence-corrected chi connectivity index (χ3v) is 12.6. The van der Waals surface area contributed by atoms with Crippen molar-refractivity contribution in [1.29, 1.82) is 5.26 Å². The van der Waals surface area contributed by atoms with Crippen molar-refractivity contribution in [1.82, 2.24) is 24.8 Å². The zero-order valence-corrected chi connectivity index (χ0v) is 27.8. The summed E-state index contributed by atoms with van der Waals surface area (Å²) in [6.45, 7) is 3.68. The molecule has 5 heterocycles. The fourth-order valence-electron chi connectivity index (χ4n) is 8.05. The first-order valence-electron chi connectivity index (χ1n) is 16.5. The van der Waals surface area contributed by atoms with E-state index in [9.17, 15) is 9.65 Å². The van der Waals surface area contributed by atoms with Gasteiger partial charge in [0.15, 0.2) is 5.82 Å². The molecule has 8 rings (SSSR count). The number of anilines is 1. The van der Waals surface area contributed by atoms with E-state index < -0.39 is 22.8 Å². The molecule has 3 aliphatic heterocycles. The maximum Gasteiger partial charge on any atom is 0.319 e. The minimum atomic E-state index is -0.742. The van der Waals surface area contributed by atoms with E-state index in [1.54, 1.807) is 6.20 Å². The summed E-state index contributed by atoms with van der Waals surface area (Å²) in [5.74, 6) is -1.25. The van der Waals surface area contributed by atoms with Crippen molar-refractivity contribution in [3.63, 3.8) is 0 Å². The molecule has 2 aromatic heterocycles. The number of nitrogens with zero attached hydrogens (tertiary/aromatic N) is 7. The first kappa shape index (κ1) is 31.0. The van der Waals surface area contributed by atoms with Gasteiger partial charge in [-0.25, -0.2) is 8.78 Å². The third-order valence-electron chi connectivity index (χ3n) is 11.4. The molecule has 2 saturated carbocycles. The van der Waals surface area contributed by atoms with Gasteiger partial charge in [0.1, 0.15) is 22.9 Å². The summed E-state index contributed by atoms with van der Waals surface area (Å²) in [7, 11) is 6.17. The van der Waals surface area contributed by atoms with E-state index in [0.717, 1.165) is 63.6 Å². The number of hydrogen-bond acceptors (Lipinski definition) is 11. The van der Waals surface area contributed by atoms with Crippen molar-refractivity contribution in [3.05, 3.63) is 46.3 Å². The fraction of sp³-hybridized carbons (Fsp3) is 0.588. The molecule has 6 aliphatic rings. The number of hydrogen-bond donors (Lipinski definition) is 1.